The number of hydrogen-bond donors (Lipinski definition) is 2. The molecule has 0 atom stereocenters. The van der Waals surface area contributed by atoms with Crippen LogP contribution in [0.2, 0.25) is 0 Å². The monoisotopic (exact) mass is 1350 g/mol. The molecule has 506 valence electrons. The molecule has 0 saturated carbocycles. The van der Waals surface area contributed by atoms with E-state index in [0.717, 1.165) is 33.0 Å². The van der Waals surface area contributed by atoms with Crippen LogP contribution in [0.1, 0.15) is 99.9 Å². The first-order chi connectivity index (χ1) is 50.5. The van der Waals surface area contributed by atoms with Gasteiger partial charge in [-0.25, -0.2) is 29.9 Å². The van der Waals surface area contributed by atoms with Crippen LogP contribution in [0.3, 0.4) is 0 Å². The fourth-order valence-corrected chi connectivity index (χ4v) is 14.6. The Bertz CT molecular complexity index is 5570. The van der Waals surface area contributed by atoms with Crippen molar-refractivity contribution in [3.05, 3.63) is 336 Å². The van der Waals surface area contributed by atoms with E-state index < -0.39 is 0 Å². The fourth-order valence-electron chi connectivity index (χ4n) is 14.6. The van der Waals surface area contributed by atoms with E-state index in [2.05, 4.69) is 211 Å². The van der Waals surface area contributed by atoms with Crippen LogP contribution >= 0.6 is 0 Å². The smallest absolute Gasteiger partial charge is 0.168 e. The van der Waals surface area contributed by atoms with Gasteiger partial charge in [0.25, 0.3) is 0 Å². The maximum atomic E-state index is 7.01. The number of benzene rings is 12. The molecular weight excluding hydrogens is 1280 g/mol. The number of nitrogens with zero attached hydrogens (tertiary/aromatic N) is 6. The van der Waals surface area contributed by atoms with Crippen LogP contribution in [0.4, 0.5) is 0 Å². The minimum absolute atomic E-state index is 0.262. The van der Waals surface area contributed by atoms with E-state index in [-0.39, 0.29) is 21.7 Å². The van der Waals surface area contributed by atoms with Crippen molar-refractivity contribution in [2.24, 2.45) is 0 Å². The van der Waals surface area contributed by atoms with E-state index in [9.17, 15) is 0 Å². The van der Waals surface area contributed by atoms with Crippen LogP contribution < -0.4 is 18.9 Å². The number of hydrogen-bond acceptors (Lipinski definition) is 10. The summed E-state index contributed by atoms with van der Waals surface area (Å²) in [6.07, 6.45) is 0. The lowest BCUT2D eigenvalue weighted by Gasteiger charge is -2.26. The van der Waals surface area contributed by atoms with Crippen LogP contribution in [-0.2, 0) is 21.7 Å². The van der Waals surface area contributed by atoms with Crippen molar-refractivity contribution < 1.29 is 18.9 Å². The van der Waals surface area contributed by atoms with Gasteiger partial charge in [0, 0.05) is 43.6 Å². The van der Waals surface area contributed by atoms with Crippen LogP contribution in [0, 0.1) is 0 Å². The van der Waals surface area contributed by atoms with Crippen molar-refractivity contribution in [1.29, 1.82) is 0 Å². The SMILES string of the molecule is CC(C)(c1ccccc1)c1ccc(Oc2cccc3c2-c2nc-3nc3[nH]c(nc4nc(nc5[nH]c(n2)c2cccc(Oc6ccc(C(C)(C)c7ccccc7)cc6)c52)-c2cccc(Oc5ccc(C(C)(C)c6ccccc6)cc5)c2-4)c2cccc(Oc4ccc(C(C)(C)c5ccccc5)cc4)c32)cc1. The first-order valence-electron chi connectivity index (χ1n) is 35.2. The van der Waals surface area contributed by atoms with Gasteiger partial charge in [-0.15, -0.1) is 0 Å². The highest BCUT2D eigenvalue weighted by atomic mass is 16.5. The quantitative estimate of drug-likeness (QED) is 0.0959. The standard InChI is InChI=1S/C92H74N8O4/c1-89(2,57-25-13-9-14-26-57)61-41-49-65(50-42-61)101-73-37-21-33-69-77(73)85-93-81(69)98-86-79-71(35-23-39-75(79)103-67-53-45-63(46-54-67)91(5,6)59-29-17-11-18-30-59)83(95-86)100-88-80-72(36-24-40-76(80)104-68-55-47-64(48-56-68)92(7,8)60-31-19-12-20-32-60)84(96-88)99-87-78-70(82(94-87)97-85)34-22-38-74(78)102-66-51-43-62(44-52-66)90(3,4)58-27-15-10-16-28-58/h9-56H,1-8H3,(H2,93,94,95,96,97,98,99,100). The molecule has 17 rings (SSSR count). The highest BCUT2D eigenvalue weighted by Gasteiger charge is 2.31. The van der Waals surface area contributed by atoms with Crippen LogP contribution in [0.15, 0.2) is 291 Å². The first kappa shape index (κ1) is 64.6. The Kier molecular flexibility index (Phi) is 15.9. The molecule has 0 spiro atoms. The minimum atomic E-state index is -0.263. The molecule has 104 heavy (non-hydrogen) atoms. The van der Waals surface area contributed by atoms with Gasteiger partial charge in [0.1, 0.15) is 68.6 Å². The molecule has 12 heteroatoms. The molecule has 3 aromatic heterocycles. The Morgan fingerprint density at radius 2 is 0.471 bits per heavy atom. The third-order valence-electron chi connectivity index (χ3n) is 21.0. The summed E-state index contributed by atoms with van der Waals surface area (Å²) in [4.78, 5) is 40.4. The lowest BCUT2D eigenvalue weighted by molar-refractivity contribution is 0.483. The molecule has 8 bridgehead atoms. The highest BCUT2D eigenvalue weighted by Crippen LogP contribution is 2.48. The lowest BCUT2D eigenvalue weighted by Crippen LogP contribution is -2.18. The van der Waals surface area contributed by atoms with Crippen molar-refractivity contribution in [2.75, 3.05) is 0 Å². The summed E-state index contributed by atoms with van der Waals surface area (Å²) in [5, 5.41) is 2.78. The Labute approximate surface area is 603 Å². The summed E-state index contributed by atoms with van der Waals surface area (Å²) in [5.41, 5.74) is 12.9. The topological polar surface area (TPSA) is 146 Å². The van der Waals surface area contributed by atoms with Crippen molar-refractivity contribution in [1.82, 2.24) is 39.9 Å². The summed E-state index contributed by atoms with van der Waals surface area (Å²) in [6, 6.07) is 99.1. The summed E-state index contributed by atoms with van der Waals surface area (Å²) in [6.45, 7) is 17.9. The molecule has 12 aromatic carbocycles. The summed E-state index contributed by atoms with van der Waals surface area (Å²) in [7, 11) is 0. The Balaban J connectivity index is 0.870. The summed E-state index contributed by atoms with van der Waals surface area (Å²) < 4.78 is 28.0. The van der Waals surface area contributed by atoms with Crippen LogP contribution in [0.25, 0.3) is 89.7 Å². The molecule has 0 amide bonds. The molecule has 2 N–H and O–H groups in total. The number of fused-ring (bicyclic) bond motifs is 20. The molecule has 5 heterocycles. The number of H-pyrrole nitrogens is 2. The third-order valence-corrected chi connectivity index (χ3v) is 21.0. The zero-order chi connectivity index (χ0) is 70.9. The van der Waals surface area contributed by atoms with Gasteiger partial charge in [0.2, 0.25) is 0 Å². The number of rotatable bonds is 16. The van der Waals surface area contributed by atoms with Crippen molar-refractivity contribution in [3.8, 4) is 91.5 Å². The Hall–Kier alpha value is -12.8. The van der Waals surface area contributed by atoms with Gasteiger partial charge in [-0.3, -0.25) is 0 Å². The number of aromatic nitrogens is 8. The average molecular weight is 1360 g/mol. The van der Waals surface area contributed by atoms with E-state index in [1.54, 1.807) is 0 Å². The van der Waals surface area contributed by atoms with Gasteiger partial charge in [-0.1, -0.05) is 274 Å². The molecule has 2 aliphatic rings. The predicted octanol–water partition coefficient (Wildman–Crippen LogP) is 23.3. The van der Waals surface area contributed by atoms with E-state index in [4.69, 9.17) is 48.9 Å². The lowest BCUT2D eigenvalue weighted by atomic mass is 9.78. The average Bonchev–Trinajstić information content (AvgIpc) is 1.60. The number of ether oxygens (including phenoxy) is 4. The maximum absolute atomic E-state index is 7.01. The van der Waals surface area contributed by atoms with E-state index in [0.29, 0.717) is 125 Å². The second-order valence-electron chi connectivity index (χ2n) is 28.8. The fraction of sp³-hybridized carbons (Fsp3) is 0.130. The molecule has 0 aliphatic carbocycles. The molecule has 12 nitrogen and oxygen atoms in total. The second-order valence-corrected chi connectivity index (χ2v) is 28.8. The van der Waals surface area contributed by atoms with Gasteiger partial charge < -0.3 is 28.9 Å². The number of nitrogens with one attached hydrogen (secondary N) is 2. The molecule has 15 aromatic rings. The molecular formula is C92H74N8O4. The van der Waals surface area contributed by atoms with E-state index >= 15 is 0 Å². The third kappa shape index (κ3) is 11.7. The van der Waals surface area contributed by atoms with Crippen LogP contribution in [0.5, 0.6) is 46.0 Å². The van der Waals surface area contributed by atoms with Crippen molar-refractivity contribution in [3.63, 3.8) is 0 Å². The largest absolute Gasteiger partial charge is 0.457 e. The van der Waals surface area contributed by atoms with Crippen molar-refractivity contribution in [2.45, 2.75) is 77.0 Å². The van der Waals surface area contributed by atoms with Gasteiger partial charge in [-0.2, -0.15) is 0 Å². The van der Waals surface area contributed by atoms with Gasteiger partial charge >= 0.3 is 0 Å². The predicted molar refractivity (Wildman–Crippen MR) is 416 cm³/mol. The summed E-state index contributed by atoms with van der Waals surface area (Å²) in [5.74, 6) is 6.20. The zero-order valence-electron chi connectivity index (χ0n) is 59.0. The maximum Gasteiger partial charge on any atom is 0.168 e. The molecule has 0 radical (unpaired) electrons. The second kappa shape index (κ2) is 25.7. The molecule has 0 unspecified atom stereocenters. The van der Waals surface area contributed by atoms with E-state index in [1.807, 2.05) is 146 Å². The van der Waals surface area contributed by atoms with Crippen LogP contribution in [-0.4, -0.2) is 39.9 Å². The molecule has 0 saturated heterocycles. The van der Waals surface area contributed by atoms with Gasteiger partial charge in [-0.05, 0) is 117 Å². The summed E-state index contributed by atoms with van der Waals surface area (Å²) >= 11 is 0. The van der Waals surface area contributed by atoms with Crippen molar-refractivity contribution >= 4 is 44.1 Å². The Morgan fingerprint density at radius 1 is 0.221 bits per heavy atom. The number of aromatic amines is 2. The first-order valence-corrected chi connectivity index (χ1v) is 35.2. The highest BCUT2D eigenvalue weighted by molar-refractivity contribution is 6.10. The van der Waals surface area contributed by atoms with E-state index in [1.165, 1.54) is 22.3 Å². The minimum Gasteiger partial charge on any atom is -0.457 e. The van der Waals surface area contributed by atoms with Gasteiger partial charge in [0.05, 0.1) is 21.9 Å². The molecule has 2 aliphatic heterocycles. The molecule has 0 fully saturated rings. The Morgan fingerprint density at radius 3 is 0.769 bits per heavy atom. The van der Waals surface area contributed by atoms with Gasteiger partial charge in [0.15, 0.2) is 23.3 Å². The zero-order valence-corrected chi connectivity index (χ0v) is 59.0. The normalized spacial score (nSPS) is 12.2.